The molecule has 0 spiro atoms. The van der Waals surface area contributed by atoms with Crippen molar-refractivity contribution in [3.05, 3.63) is 76.9 Å². The van der Waals surface area contributed by atoms with Crippen molar-refractivity contribution in [3.8, 4) is 0 Å². The molecule has 4 aliphatic rings. The zero-order chi connectivity index (χ0) is 27.8. The van der Waals surface area contributed by atoms with E-state index in [2.05, 4.69) is 19.0 Å². The maximum atomic E-state index is 13.9. The Bertz CT molecular complexity index is 1340. The third-order valence-corrected chi connectivity index (χ3v) is 8.69. The number of amides is 3. The van der Waals surface area contributed by atoms with Gasteiger partial charge in [0.25, 0.3) is 11.8 Å². The lowest BCUT2D eigenvalue weighted by Gasteiger charge is -2.35. The third-order valence-electron chi connectivity index (χ3n) is 8.69. The van der Waals surface area contributed by atoms with Crippen molar-refractivity contribution < 1.29 is 14.4 Å². The topological polar surface area (TPSA) is 76.5 Å². The average Bonchev–Trinajstić information content (AvgIpc) is 3.79. The molecule has 2 aromatic carbocycles. The predicted octanol–water partition coefficient (Wildman–Crippen LogP) is 3.93. The van der Waals surface area contributed by atoms with E-state index in [4.69, 9.17) is 5.10 Å². The van der Waals surface area contributed by atoms with Gasteiger partial charge in [0.2, 0.25) is 5.91 Å². The molecular formula is C32H37N5O3. The summed E-state index contributed by atoms with van der Waals surface area (Å²) in [7, 11) is 4.18. The Morgan fingerprint density at radius 1 is 0.825 bits per heavy atom. The number of carbonyl (C=O) groups excluding carboxylic acids is 3. The van der Waals surface area contributed by atoms with Gasteiger partial charge in [0.1, 0.15) is 5.71 Å². The van der Waals surface area contributed by atoms with Crippen molar-refractivity contribution >= 4 is 29.1 Å². The Hall–Kier alpha value is -3.78. The second-order valence-electron chi connectivity index (χ2n) is 11.5. The van der Waals surface area contributed by atoms with E-state index < -0.39 is 0 Å². The van der Waals surface area contributed by atoms with Crippen LogP contribution in [0.4, 0.5) is 5.69 Å². The Morgan fingerprint density at radius 3 is 2.08 bits per heavy atom. The van der Waals surface area contributed by atoms with E-state index in [1.165, 1.54) is 5.01 Å². The molecule has 0 N–H and O–H groups in total. The van der Waals surface area contributed by atoms with Crippen LogP contribution in [0.5, 0.6) is 0 Å². The molecule has 8 nitrogen and oxygen atoms in total. The number of hydrazone groups is 1. The molecule has 6 rings (SSSR count). The van der Waals surface area contributed by atoms with Crippen LogP contribution in [-0.2, 0) is 9.59 Å². The zero-order valence-corrected chi connectivity index (χ0v) is 23.4. The van der Waals surface area contributed by atoms with Crippen LogP contribution in [0, 0.1) is 5.92 Å². The maximum absolute atomic E-state index is 13.9. The molecule has 2 aromatic rings. The maximum Gasteiger partial charge on any atom is 0.280 e. The number of rotatable bonds is 5. The summed E-state index contributed by atoms with van der Waals surface area (Å²) in [6.45, 7) is 2.79. The van der Waals surface area contributed by atoms with Crippen molar-refractivity contribution in [1.82, 2.24) is 14.7 Å². The van der Waals surface area contributed by atoms with Crippen LogP contribution in [-0.4, -0.2) is 84.4 Å². The second kappa shape index (κ2) is 11.0. The molecule has 40 heavy (non-hydrogen) atoms. The fourth-order valence-electron chi connectivity index (χ4n) is 6.04. The molecule has 0 atom stereocenters. The molecule has 2 saturated heterocycles. The number of hydrogen-bond acceptors (Lipinski definition) is 5. The lowest BCUT2D eigenvalue weighted by Crippen LogP contribution is -2.44. The van der Waals surface area contributed by atoms with Crippen molar-refractivity contribution in [2.45, 2.75) is 44.6 Å². The monoisotopic (exact) mass is 539 g/mol. The fraction of sp³-hybridized carbons (Fsp3) is 0.438. The Labute approximate surface area is 235 Å². The summed E-state index contributed by atoms with van der Waals surface area (Å²) in [6.07, 6.45) is 5.30. The van der Waals surface area contributed by atoms with Gasteiger partial charge in [-0.15, -0.1) is 0 Å². The van der Waals surface area contributed by atoms with E-state index >= 15 is 0 Å². The van der Waals surface area contributed by atoms with Gasteiger partial charge in [0, 0.05) is 49.3 Å². The first kappa shape index (κ1) is 26.4. The van der Waals surface area contributed by atoms with Gasteiger partial charge in [-0.3, -0.25) is 14.4 Å². The molecule has 0 radical (unpaired) electrons. The summed E-state index contributed by atoms with van der Waals surface area (Å²) in [5.41, 5.74) is 4.53. The van der Waals surface area contributed by atoms with E-state index in [1.807, 2.05) is 52.3 Å². The largest absolute Gasteiger partial charge is 0.342 e. The Morgan fingerprint density at radius 2 is 1.48 bits per heavy atom. The summed E-state index contributed by atoms with van der Waals surface area (Å²) < 4.78 is 0. The molecule has 1 aliphatic carbocycles. The molecule has 8 heteroatoms. The second-order valence-corrected chi connectivity index (χ2v) is 11.5. The summed E-state index contributed by atoms with van der Waals surface area (Å²) >= 11 is 0. The predicted molar refractivity (Wildman–Crippen MR) is 155 cm³/mol. The van der Waals surface area contributed by atoms with Crippen LogP contribution in [0.2, 0.25) is 0 Å². The summed E-state index contributed by atoms with van der Waals surface area (Å²) in [4.78, 5) is 45.7. The van der Waals surface area contributed by atoms with Crippen LogP contribution in [0.25, 0.3) is 0 Å². The van der Waals surface area contributed by atoms with Crippen LogP contribution >= 0.6 is 0 Å². The first-order valence-electron chi connectivity index (χ1n) is 14.5. The molecule has 3 amide bonds. The lowest BCUT2D eigenvalue weighted by atomic mass is 9.92. The van der Waals surface area contributed by atoms with Crippen LogP contribution in [0.3, 0.4) is 0 Å². The minimum Gasteiger partial charge on any atom is -0.342 e. The normalized spacial score (nSPS) is 20.4. The van der Waals surface area contributed by atoms with Gasteiger partial charge < -0.3 is 14.7 Å². The van der Waals surface area contributed by atoms with Gasteiger partial charge in [0.05, 0.1) is 11.3 Å². The smallest absolute Gasteiger partial charge is 0.280 e. The summed E-state index contributed by atoms with van der Waals surface area (Å²) in [5.74, 6) is 0.344. The highest BCUT2D eigenvalue weighted by Gasteiger charge is 2.38. The first-order valence-corrected chi connectivity index (χ1v) is 14.5. The molecule has 3 fully saturated rings. The van der Waals surface area contributed by atoms with Crippen LogP contribution in [0.1, 0.15) is 54.4 Å². The number of nitrogens with zero attached hydrogens (tertiary/aromatic N) is 5. The number of hydrogen-bond donors (Lipinski definition) is 0. The van der Waals surface area contributed by atoms with Crippen molar-refractivity contribution in [2.75, 3.05) is 45.3 Å². The standard InChI is InChI=1S/C32H37N5O3/c1-34(2)26-16-20-36(21-17-26)31(39)25-10-12-27(13-11-25)37-32(40)28(29(33-37)23-6-4-3-5-7-23)22-14-18-35(19-15-22)30(38)24-8-9-24/h3-7,10-13,24,26H,8-9,14-21H2,1-2H3. The van der Waals surface area contributed by atoms with Gasteiger partial charge in [-0.05, 0) is 76.9 Å². The summed E-state index contributed by atoms with van der Waals surface area (Å²) in [5, 5.41) is 6.27. The highest BCUT2D eigenvalue weighted by atomic mass is 16.2. The molecule has 3 aliphatic heterocycles. The minimum absolute atomic E-state index is 0.0280. The zero-order valence-electron chi connectivity index (χ0n) is 23.4. The minimum atomic E-state index is -0.152. The lowest BCUT2D eigenvalue weighted by molar-refractivity contribution is -0.132. The van der Waals surface area contributed by atoms with Crippen molar-refractivity contribution in [3.63, 3.8) is 0 Å². The molecule has 0 unspecified atom stereocenters. The third kappa shape index (κ3) is 5.20. The van der Waals surface area contributed by atoms with Gasteiger partial charge in [-0.25, -0.2) is 0 Å². The molecule has 0 aromatic heterocycles. The van der Waals surface area contributed by atoms with E-state index in [0.29, 0.717) is 54.5 Å². The van der Waals surface area contributed by atoms with E-state index in [-0.39, 0.29) is 23.6 Å². The van der Waals surface area contributed by atoms with Crippen LogP contribution < -0.4 is 5.01 Å². The Kier molecular flexibility index (Phi) is 7.27. The summed E-state index contributed by atoms with van der Waals surface area (Å²) in [6, 6.07) is 17.5. The van der Waals surface area contributed by atoms with Crippen molar-refractivity contribution in [1.29, 1.82) is 0 Å². The highest BCUT2D eigenvalue weighted by molar-refractivity contribution is 6.35. The molecule has 208 valence electrons. The van der Waals surface area contributed by atoms with Gasteiger partial charge in [0.15, 0.2) is 0 Å². The number of likely N-dealkylation sites (tertiary alicyclic amines) is 2. The quantitative estimate of drug-likeness (QED) is 0.540. The van der Waals surface area contributed by atoms with E-state index in [0.717, 1.165) is 49.9 Å². The number of benzene rings is 2. The van der Waals surface area contributed by atoms with Crippen molar-refractivity contribution in [2.24, 2.45) is 11.0 Å². The number of carbonyl (C=O) groups is 3. The molecule has 0 bridgehead atoms. The van der Waals surface area contributed by atoms with E-state index in [9.17, 15) is 14.4 Å². The van der Waals surface area contributed by atoms with Crippen LogP contribution in [0.15, 0.2) is 70.8 Å². The number of anilines is 1. The fourth-order valence-corrected chi connectivity index (χ4v) is 6.04. The number of piperidine rings is 2. The highest BCUT2D eigenvalue weighted by Crippen LogP contribution is 2.35. The van der Waals surface area contributed by atoms with Gasteiger partial charge in [-0.1, -0.05) is 35.9 Å². The van der Waals surface area contributed by atoms with Gasteiger partial charge in [-0.2, -0.15) is 10.1 Å². The van der Waals surface area contributed by atoms with E-state index in [1.54, 1.807) is 12.1 Å². The SMILES string of the molecule is CN(C)C1CCN(C(=O)c2ccc(N3N=C(c4ccccc4)C(=C4CCN(C(=O)C5CC5)CC4)C3=O)cc2)CC1. The molecular weight excluding hydrogens is 502 g/mol. The first-order chi connectivity index (χ1) is 19.4. The molecule has 3 heterocycles. The Balaban J connectivity index is 1.22. The average molecular weight is 540 g/mol. The molecule has 1 saturated carbocycles. The van der Waals surface area contributed by atoms with Gasteiger partial charge >= 0.3 is 0 Å².